The number of carboxylic acids is 1. The molecule has 3 aliphatic rings. The van der Waals surface area contributed by atoms with Gasteiger partial charge in [-0.1, -0.05) is 42.5 Å². The molecule has 0 bridgehead atoms. The Balaban J connectivity index is 0.000000519. The summed E-state index contributed by atoms with van der Waals surface area (Å²) < 4.78 is 38.3. The van der Waals surface area contributed by atoms with E-state index in [1.54, 1.807) is 0 Å². The molecule has 1 saturated carbocycles. The van der Waals surface area contributed by atoms with Crippen molar-refractivity contribution in [2.24, 2.45) is 11.7 Å². The van der Waals surface area contributed by atoms with E-state index >= 15 is 0 Å². The fourth-order valence-electron chi connectivity index (χ4n) is 4.82. The molecule has 1 spiro atoms. The average Bonchev–Trinajstić information content (AvgIpc) is 3.74. The number of nitrogens with zero attached hydrogens (tertiary/aromatic N) is 2. The number of urea groups is 1. The first-order valence-electron chi connectivity index (χ1n) is 13.0. The minimum atomic E-state index is -4.43. The molecule has 2 heterocycles. The number of benzene rings is 2. The summed E-state index contributed by atoms with van der Waals surface area (Å²) in [7, 11) is 0. The molecule has 2 saturated heterocycles. The molecule has 0 aromatic heterocycles. The molecule has 2 aromatic carbocycles. The smallest absolute Gasteiger partial charge is 0.416 e. The van der Waals surface area contributed by atoms with E-state index in [1.165, 1.54) is 12.1 Å². The van der Waals surface area contributed by atoms with Crippen LogP contribution in [0.25, 0.3) is 0 Å². The SMILES string of the molecule is N[C@@H](CCN1CCC2(CC1)NC(=O)N(Cc1ccc(C(F)(F)F)cc1)C2=O)c1ccccc1.O=C(O)C1CC1. The van der Waals surface area contributed by atoms with Gasteiger partial charge >= 0.3 is 18.2 Å². The number of likely N-dealkylation sites (tertiary alicyclic amines) is 1. The molecule has 5 rings (SSSR count). The van der Waals surface area contributed by atoms with Crippen molar-refractivity contribution >= 4 is 17.9 Å². The topological polar surface area (TPSA) is 116 Å². The van der Waals surface area contributed by atoms with Crippen LogP contribution in [-0.4, -0.2) is 58.0 Å². The van der Waals surface area contributed by atoms with E-state index in [-0.39, 0.29) is 24.4 Å². The average molecular weight is 547 g/mol. The van der Waals surface area contributed by atoms with Gasteiger partial charge in [0.1, 0.15) is 5.54 Å². The number of nitrogens with two attached hydrogens (primary N) is 1. The van der Waals surface area contributed by atoms with Crippen molar-refractivity contribution in [3.8, 4) is 0 Å². The van der Waals surface area contributed by atoms with Gasteiger partial charge < -0.3 is 21.1 Å². The highest BCUT2D eigenvalue weighted by molar-refractivity contribution is 6.07. The summed E-state index contributed by atoms with van der Waals surface area (Å²) in [4.78, 5) is 38.7. The Hall–Kier alpha value is -3.44. The number of aliphatic carboxylic acids is 1. The van der Waals surface area contributed by atoms with Crippen LogP contribution in [-0.2, 0) is 22.3 Å². The standard InChI is InChI=1S/C24H27F3N4O2.C4H6O2/c25-24(26,27)19-8-6-17(7-9-19)16-31-21(32)23(29-22(31)33)11-14-30(15-12-23)13-10-20(28)18-4-2-1-3-5-18;5-4(6)3-1-2-3/h1-9,20H,10-16,28H2,(H,29,33);3H,1-2H2,(H,5,6)/t20-;/m0./s1. The van der Waals surface area contributed by atoms with Gasteiger partial charge in [0.25, 0.3) is 5.91 Å². The zero-order valence-electron chi connectivity index (χ0n) is 21.5. The molecule has 39 heavy (non-hydrogen) atoms. The zero-order chi connectivity index (χ0) is 28.2. The Morgan fingerprint density at radius 1 is 1.05 bits per heavy atom. The van der Waals surface area contributed by atoms with E-state index < -0.39 is 29.3 Å². The number of imide groups is 1. The van der Waals surface area contributed by atoms with Gasteiger partial charge in [-0.15, -0.1) is 0 Å². The maximum Gasteiger partial charge on any atom is 0.416 e. The molecule has 210 valence electrons. The number of piperidine rings is 1. The number of carbonyl (C=O) groups is 3. The van der Waals surface area contributed by atoms with Gasteiger partial charge in [-0.3, -0.25) is 14.5 Å². The molecule has 1 aliphatic carbocycles. The maximum absolute atomic E-state index is 13.1. The Kier molecular flexibility index (Phi) is 8.60. The third kappa shape index (κ3) is 7.15. The molecule has 4 N–H and O–H groups in total. The number of nitrogens with one attached hydrogen (secondary N) is 1. The molecular weight excluding hydrogens is 513 g/mol. The highest BCUT2D eigenvalue weighted by atomic mass is 19.4. The third-order valence-electron chi connectivity index (χ3n) is 7.49. The van der Waals surface area contributed by atoms with E-state index in [0.717, 1.165) is 48.4 Å². The number of carbonyl (C=O) groups excluding carboxylic acids is 2. The van der Waals surface area contributed by atoms with Crippen molar-refractivity contribution in [2.75, 3.05) is 19.6 Å². The van der Waals surface area contributed by atoms with Gasteiger partial charge in [0, 0.05) is 19.1 Å². The van der Waals surface area contributed by atoms with Crippen LogP contribution in [0.3, 0.4) is 0 Å². The van der Waals surface area contributed by atoms with E-state index in [9.17, 15) is 27.6 Å². The maximum atomic E-state index is 13.1. The van der Waals surface area contributed by atoms with Crippen LogP contribution in [0.5, 0.6) is 0 Å². The van der Waals surface area contributed by atoms with Gasteiger partial charge in [-0.2, -0.15) is 13.2 Å². The second-order valence-corrected chi connectivity index (χ2v) is 10.4. The Morgan fingerprint density at radius 3 is 2.18 bits per heavy atom. The monoisotopic (exact) mass is 546 g/mol. The zero-order valence-corrected chi connectivity index (χ0v) is 21.5. The summed E-state index contributed by atoms with van der Waals surface area (Å²) >= 11 is 0. The highest BCUT2D eigenvalue weighted by Gasteiger charge is 2.52. The van der Waals surface area contributed by atoms with Crippen molar-refractivity contribution < 1.29 is 32.7 Å². The number of halogens is 3. The number of hydrogen-bond donors (Lipinski definition) is 3. The summed E-state index contributed by atoms with van der Waals surface area (Å²) in [6.45, 7) is 2.05. The molecule has 11 heteroatoms. The summed E-state index contributed by atoms with van der Waals surface area (Å²) in [6, 6.07) is 13.9. The lowest BCUT2D eigenvalue weighted by Gasteiger charge is -2.37. The van der Waals surface area contributed by atoms with Gasteiger partial charge in [-0.05, 0) is 61.9 Å². The quantitative estimate of drug-likeness (QED) is 0.449. The van der Waals surface area contributed by atoms with Crippen molar-refractivity contribution in [1.29, 1.82) is 0 Å². The predicted octanol–water partition coefficient (Wildman–Crippen LogP) is 4.16. The normalized spacial score (nSPS) is 19.8. The first kappa shape index (κ1) is 28.6. The number of hydrogen-bond acceptors (Lipinski definition) is 5. The first-order chi connectivity index (χ1) is 18.5. The van der Waals surface area contributed by atoms with Gasteiger partial charge in [0.05, 0.1) is 18.0 Å². The van der Waals surface area contributed by atoms with Crippen molar-refractivity contribution in [3.63, 3.8) is 0 Å². The van der Waals surface area contributed by atoms with E-state index in [0.29, 0.717) is 31.5 Å². The number of carboxylic acid groups (broad SMARTS) is 1. The summed E-state index contributed by atoms with van der Waals surface area (Å²) in [6.07, 6.45) is -0.867. The molecule has 2 aliphatic heterocycles. The predicted molar refractivity (Wildman–Crippen MR) is 137 cm³/mol. The third-order valence-corrected chi connectivity index (χ3v) is 7.49. The molecular formula is C28H33F3N4O4. The molecule has 3 fully saturated rings. The molecule has 0 unspecified atom stereocenters. The number of rotatable bonds is 7. The van der Waals surface area contributed by atoms with E-state index in [1.807, 2.05) is 30.3 Å². The molecule has 0 radical (unpaired) electrons. The van der Waals surface area contributed by atoms with Gasteiger partial charge in [0.2, 0.25) is 0 Å². The Bertz CT molecular complexity index is 1160. The van der Waals surface area contributed by atoms with Crippen LogP contribution in [0.1, 0.15) is 54.8 Å². The molecule has 3 amide bonds. The lowest BCUT2D eigenvalue weighted by molar-refractivity contribution is -0.139. The lowest BCUT2D eigenvalue weighted by atomic mass is 9.87. The second kappa shape index (κ2) is 11.7. The fraction of sp³-hybridized carbons (Fsp3) is 0.464. The van der Waals surface area contributed by atoms with Gasteiger partial charge in [-0.25, -0.2) is 4.79 Å². The van der Waals surface area contributed by atoms with Crippen LogP contribution in [0.15, 0.2) is 54.6 Å². The van der Waals surface area contributed by atoms with Crippen molar-refractivity contribution in [2.45, 2.75) is 56.4 Å². The minimum absolute atomic E-state index is 0.0185. The van der Waals surface area contributed by atoms with Crippen LogP contribution >= 0.6 is 0 Å². The van der Waals surface area contributed by atoms with Crippen LogP contribution < -0.4 is 11.1 Å². The van der Waals surface area contributed by atoms with E-state index in [4.69, 9.17) is 10.8 Å². The summed E-state index contributed by atoms with van der Waals surface area (Å²) in [5.74, 6) is -0.923. The molecule has 8 nitrogen and oxygen atoms in total. The van der Waals surface area contributed by atoms with Crippen LogP contribution in [0, 0.1) is 5.92 Å². The number of amides is 3. The van der Waals surface area contributed by atoms with Crippen LogP contribution in [0.2, 0.25) is 0 Å². The lowest BCUT2D eigenvalue weighted by Crippen LogP contribution is -2.55. The fourth-order valence-corrected chi connectivity index (χ4v) is 4.82. The highest BCUT2D eigenvalue weighted by Crippen LogP contribution is 2.32. The van der Waals surface area contributed by atoms with E-state index in [2.05, 4.69) is 10.2 Å². The number of alkyl halides is 3. The summed E-state index contributed by atoms with van der Waals surface area (Å²) in [5, 5.41) is 10.9. The van der Waals surface area contributed by atoms with Crippen molar-refractivity contribution in [3.05, 3.63) is 71.3 Å². The van der Waals surface area contributed by atoms with Crippen molar-refractivity contribution in [1.82, 2.24) is 15.1 Å². The Morgan fingerprint density at radius 2 is 1.67 bits per heavy atom. The summed E-state index contributed by atoms with van der Waals surface area (Å²) in [5.41, 5.74) is 6.13. The van der Waals surface area contributed by atoms with Crippen LogP contribution in [0.4, 0.5) is 18.0 Å². The largest absolute Gasteiger partial charge is 0.481 e. The first-order valence-corrected chi connectivity index (χ1v) is 13.0. The molecule has 2 aromatic rings. The minimum Gasteiger partial charge on any atom is -0.481 e. The second-order valence-electron chi connectivity index (χ2n) is 10.4. The Labute approximate surface area is 225 Å². The van der Waals surface area contributed by atoms with Gasteiger partial charge in [0.15, 0.2) is 0 Å². The molecule has 1 atom stereocenters.